The Morgan fingerprint density at radius 1 is 1.03 bits per heavy atom. The number of benzene rings is 1. The number of carbonyl (C=O) groups is 3. The quantitative estimate of drug-likeness (QED) is 0.670. The highest BCUT2D eigenvalue weighted by Gasteiger charge is 2.24. The highest BCUT2D eigenvalue weighted by atomic mass is 32.1. The fraction of sp³-hybridized carbons (Fsp3) is 0.250. The molecule has 30 heavy (non-hydrogen) atoms. The number of carbonyl (C=O) groups excluding carboxylic acids is 3. The summed E-state index contributed by atoms with van der Waals surface area (Å²) in [5.41, 5.74) is 6.47. The third-order valence-corrected chi connectivity index (χ3v) is 6.50. The van der Waals surface area contributed by atoms with Crippen molar-refractivity contribution in [1.29, 1.82) is 0 Å². The van der Waals surface area contributed by atoms with Gasteiger partial charge in [-0.15, -0.1) is 16.4 Å². The van der Waals surface area contributed by atoms with Gasteiger partial charge in [-0.25, -0.2) is 0 Å². The number of nitrogens with zero attached hydrogens (tertiary/aromatic N) is 4. The number of primary amides is 1. The maximum atomic E-state index is 13.1. The number of hydrogen-bond acceptors (Lipinski definition) is 6. The molecule has 10 heteroatoms. The minimum atomic E-state index is -0.524. The molecule has 0 radical (unpaired) electrons. The smallest absolute Gasteiger partial charge is 0.288 e. The number of hydrogen-bond donors (Lipinski definition) is 1. The Balaban J connectivity index is 1.75. The second-order valence-corrected chi connectivity index (χ2v) is 8.64. The minimum absolute atomic E-state index is 0.158. The largest absolute Gasteiger partial charge is 0.366 e. The molecule has 2 N–H and O–H groups in total. The number of likely N-dealkylation sites (tertiary alicyclic amines) is 1. The molecule has 1 fully saturated rings. The number of nitrogens with two attached hydrogens (primary N) is 1. The summed E-state index contributed by atoms with van der Waals surface area (Å²) in [7, 11) is 0. The van der Waals surface area contributed by atoms with Crippen LogP contribution in [-0.4, -0.2) is 44.9 Å². The molecule has 154 valence electrons. The summed E-state index contributed by atoms with van der Waals surface area (Å²) in [4.78, 5) is 43.4. The molecule has 8 nitrogen and oxygen atoms in total. The Bertz CT molecular complexity index is 1140. The van der Waals surface area contributed by atoms with E-state index in [9.17, 15) is 14.4 Å². The molecule has 3 heterocycles. The lowest BCUT2D eigenvalue weighted by molar-refractivity contribution is 0.0716. The van der Waals surface area contributed by atoms with E-state index in [1.807, 2.05) is 0 Å². The minimum Gasteiger partial charge on any atom is -0.366 e. The second kappa shape index (κ2) is 8.72. The summed E-state index contributed by atoms with van der Waals surface area (Å²) in [6.07, 6.45) is 3.00. The molecule has 1 aliphatic heterocycles. The van der Waals surface area contributed by atoms with Crippen molar-refractivity contribution in [2.75, 3.05) is 13.1 Å². The van der Waals surface area contributed by atoms with Crippen molar-refractivity contribution in [3.8, 4) is 5.69 Å². The van der Waals surface area contributed by atoms with Gasteiger partial charge in [0.05, 0.1) is 10.6 Å². The summed E-state index contributed by atoms with van der Waals surface area (Å²) in [6.45, 7) is 1.34. The van der Waals surface area contributed by atoms with Crippen LogP contribution in [0.1, 0.15) is 49.8 Å². The van der Waals surface area contributed by atoms with Gasteiger partial charge in [-0.3, -0.25) is 14.4 Å². The Morgan fingerprint density at radius 3 is 2.40 bits per heavy atom. The van der Waals surface area contributed by atoms with Crippen molar-refractivity contribution in [3.05, 3.63) is 62.6 Å². The van der Waals surface area contributed by atoms with E-state index < -0.39 is 11.8 Å². The van der Waals surface area contributed by atoms with Gasteiger partial charge in [0.1, 0.15) is 0 Å². The third kappa shape index (κ3) is 4.24. The van der Waals surface area contributed by atoms with Gasteiger partial charge in [0.25, 0.3) is 11.8 Å². The average Bonchev–Trinajstić information content (AvgIpc) is 3.44. The maximum absolute atomic E-state index is 13.1. The number of thiophene rings is 1. The number of piperidine rings is 1. The predicted octanol–water partition coefficient (Wildman–Crippen LogP) is 2.46. The maximum Gasteiger partial charge on any atom is 0.288 e. The fourth-order valence-corrected chi connectivity index (χ4v) is 4.60. The highest BCUT2D eigenvalue weighted by molar-refractivity contribution is 7.12. The van der Waals surface area contributed by atoms with Crippen LogP contribution in [0.15, 0.2) is 46.8 Å². The van der Waals surface area contributed by atoms with E-state index in [-0.39, 0.29) is 16.3 Å². The zero-order valence-electron chi connectivity index (χ0n) is 16.0. The summed E-state index contributed by atoms with van der Waals surface area (Å²) >= 11 is 2.40. The normalized spacial score (nSPS) is 14.7. The zero-order valence-corrected chi connectivity index (χ0v) is 17.6. The van der Waals surface area contributed by atoms with Crippen LogP contribution in [-0.2, 0) is 0 Å². The highest BCUT2D eigenvalue weighted by Crippen LogP contribution is 2.15. The summed E-state index contributed by atoms with van der Waals surface area (Å²) in [5.74, 6) is -1.15. The van der Waals surface area contributed by atoms with E-state index in [2.05, 4.69) is 10.1 Å². The van der Waals surface area contributed by atoms with Crippen LogP contribution in [0.4, 0.5) is 0 Å². The summed E-state index contributed by atoms with van der Waals surface area (Å²) in [5, 5.41) is 6.25. The Morgan fingerprint density at radius 2 is 1.77 bits per heavy atom. The molecular weight excluding hydrogens is 422 g/mol. The molecule has 1 aliphatic rings. The monoisotopic (exact) mass is 441 g/mol. The van der Waals surface area contributed by atoms with Crippen LogP contribution < -0.4 is 10.4 Å². The van der Waals surface area contributed by atoms with E-state index >= 15 is 0 Å². The molecule has 0 saturated carbocycles. The molecule has 3 aromatic rings. The van der Waals surface area contributed by atoms with Crippen molar-refractivity contribution < 1.29 is 14.4 Å². The average molecular weight is 442 g/mol. The van der Waals surface area contributed by atoms with E-state index in [1.165, 1.54) is 15.4 Å². The van der Waals surface area contributed by atoms with Crippen molar-refractivity contribution >= 4 is 40.6 Å². The van der Waals surface area contributed by atoms with Crippen molar-refractivity contribution in [1.82, 2.24) is 14.1 Å². The first-order chi connectivity index (χ1) is 14.5. The lowest BCUT2D eigenvalue weighted by Crippen LogP contribution is -2.37. The molecule has 0 atom stereocenters. The SMILES string of the molecule is NC(=O)c1ccc(-n2nc(C(=O)N3CCCCC3)c(=NC(=O)c3cccs3)s2)cc1. The second-order valence-electron chi connectivity index (χ2n) is 6.78. The molecule has 3 amide bonds. The first kappa shape index (κ1) is 20.2. The molecular formula is C20H19N5O3S2. The molecule has 0 spiro atoms. The van der Waals surface area contributed by atoms with E-state index in [0.29, 0.717) is 29.2 Å². The number of rotatable bonds is 4. The van der Waals surface area contributed by atoms with Crippen LogP contribution in [0.25, 0.3) is 5.69 Å². The fourth-order valence-electron chi connectivity index (χ4n) is 3.14. The first-order valence-electron chi connectivity index (χ1n) is 9.45. The van der Waals surface area contributed by atoms with Crippen molar-refractivity contribution in [2.45, 2.75) is 19.3 Å². The molecule has 0 bridgehead atoms. The topological polar surface area (TPSA) is 111 Å². The molecule has 4 rings (SSSR count). The predicted molar refractivity (Wildman–Crippen MR) is 114 cm³/mol. The Kier molecular flexibility index (Phi) is 5.86. The third-order valence-electron chi connectivity index (χ3n) is 4.72. The number of aromatic nitrogens is 2. The lowest BCUT2D eigenvalue weighted by Gasteiger charge is -2.25. The van der Waals surface area contributed by atoms with E-state index in [4.69, 9.17) is 5.73 Å². The van der Waals surface area contributed by atoms with Crippen LogP contribution in [0.5, 0.6) is 0 Å². The standard InChI is InChI=1S/C20H19N5O3S2/c21-17(26)13-6-8-14(9-7-13)25-23-16(20(28)24-10-2-1-3-11-24)19(30-25)22-18(27)15-5-4-12-29-15/h4-9,12H,1-3,10-11H2,(H2,21,26). The zero-order chi connectivity index (χ0) is 21.1. The van der Waals surface area contributed by atoms with Gasteiger partial charge in [0.15, 0.2) is 10.4 Å². The summed E-state index contributed by atoms with van der Waals surface area (Å²) < 4.78 is 1.80. The molecule has 0 aliphatic carbocycles. The van der Waals surface area contributed by atoms with Gasteiger partial charge < -0.3 is 10.6 Å². The number of amides is 3. The van der Waals surface area contributed by atoms with Gasteiger partial charge in [0, 0.05) is 18.7 Å². The Labute approximate surface area is 180 Å². The molecule has 1 saturated heterocycles. The van der Waals surface area contributed by atoms with Crippen molar-refractivity contribution in [3.63, 3.8) is 0 Å². The van der Waals surface area contributed by atoms with Crippen LogP contribution in [0, 0.1) is 0 Å². The molecule has 1 aromatic carbocycles. The van der Waals surface area contributed by atoms with Gasteiger partial charge in [-0.1, -0.05) is 6.07 Å². The molecule has 0 unspecified atom stereocenters. The first-order valence-corrected chi connectivity index (χ1v) is 11.1. The van der Waals surface area contributed by atoms with E-state index in [1.54, 1.807) is 46.7 Å². The van der Waals surface area contributed by atoms with Crippen LogP contribution in [0.3, 0.4) is 0 Å². The van der Waals surface area contributed by atoms with E-state index in [0.717, 1.165) is 30.8 Å². The van der Waals surface area contributed by atoms with Gasteiger partial charge in [0.2, 0.25) is 5.91 Å². The van der Waals surface area contributed by atoms with Crippen LogP contribution in [0.2, 0.25) is 0 Å². The van der Waals surface area contributed by atoms with Gasteiger partial charge in [-0.2, -0.15) is 9.06 Å². The van der Waals surface area contributed by atoms with Gasteiger partial charge >= 0.3 is 0 Å². The van der Waals surface area contributed by atoms with Crippen molar-refractivity contribution in [2.24, 2.45) is 10.7 Å². The lowest BCUT2D eigenvalue weighted by atomic mass is 10.1. The molecule has 2 aromatic heterocycles. The van der Waals surface area contributed by atoms with Crippen LogP contribution >= 0.6 is 22.9 Å². The van der Waals surface area contributed by atoms with Gasteiger partial charge in [-0.05, 0) is 66.5 Å². The summed E-state index contributed by atoms with van der Waals surface area (Å²) in [6, 6.07) is 10.0. The Hall–Kier alpha value is -3.11.